The first-order chi connectivity index (χ1) is 18.4. The SMILES string of the molecule is Cc1c(-c2cc(OC[C@H](C)c3ncc(F)cc3F)c3c(Cl)cnn3c2)nnn1C1CCN(C2COC2)CC1. The number of hydrogen-bond donors (Lipinski definition) is 0. The molecule has 9 nitrogen and oxygen atoms in total. The van der Waals surface area contributed by atoms with Crippen LogP contribution in [0.5, 0.6) is 5.75 Å². The molecule has 0 unspecified atom stereocenters. The second kappa shape index (κ2) is 10.2. The van der Waals surface area contributed by atoms with Crippen molar-refractivity contribution < 1.29 is 18.3 Å². The number of halogens is 3. The van der Waals surface area contributed by atoms with E-state index in [4.69, 9.17) is 21.1 Å². The summed E-state index contributed by atoms with van der Waals surface area (Å²) in [7, 11) is 0. The van der Waals surface area contributed by atoms with Gasteiger partial charge in [0.15, 0.2) is 0 Å². The van der Waals surface area contributed by atoms with Crippen LogP contribution in [-0.2, 0) is 4.74 Å². The molecule has 6 heterocycles. The molecule has 0 spiro atoms. The molecule has 0 N–H and O–H groups in total. The van der Waals surface area contributed by atoms with Gasteiger partial charge >= 0.3 is 0 Å². The number of hydrogen-bond acceptors (Lipinski definition) is 7. The van der Waals surface area contributed by atoms with E-state index in [9.17, 15) is 8.78 Å². The van der Waals surface area contributed by atoms with Crippen molar-refractivity contribution in [3.63, 3.8) is 0 Å². The fourth-order valence-electron chi connectivity index (χ4n) is 5.25. The molecule has 2 aliphatic heterocycles. The number of nitrogens with zero attached hydrogens (tertiary/aromatic N) is 7. The molecule has 2 saturated heterocycles. The highest BCUT2D eigenvalue weighted by Crippen LogP contribution is 2.35. The number of pyridine rings is 2. The maximum Gasteiger partial charge on any atom is 0.148 e. The van der Waals surface area contributed by atoms with Gasteiger partial charge in [0.2, 0.25) is 0 Å². The number of fused-ring (bicyclic) bond motifs is 1. The van der Waals surface area contributed by atoms with Crippen LogP contribution in [0, 0.1) is 18.6 Å². The van der Waals surface area contributed by atoms with E-state index < -0.39 is 17.6 Å². The van der Waals surface area contributed by atoms with Crippen LogP contribution < -0.4 is 4.74 Å². The van der Waals surface area contributed by atoms with Gasteiger partial charge in [0, 0.05) is 36.8 Å². The van der Waals surface area contributed by atoms with Crippen LogP contribution in [0.3, 0.4) is 0 Å². The second-order valence-electron chi connectivity index (χ2n) is 10.0. The lowest BCUT2D eigenvalue weighted by molar-refractivity contribution is -0.0735. The second-order valence-corrected chi connectivity index (χ2v) is 10.4. The average molecular weight is 544 g/mol. The van der Waals surface area contributed by atoms with Gasteiger partial charge in [0.05, 0.1) is 60.7 Å². The summed E-state index contributed by atoms with van der Waals surface area (Å²) in [5.41, 5.74) is 3.20. The molecule has 0 bridgehead atoms. The number of ether oxygens (including phenoxy) is 2. The Bertz CT molecular complexity index is 1460. The number of piperidine rings is 1. The third-order valence-corrected chi connectivity index (χ3v) is 7.78. The summed E-state index contributed by atoms with van der Waals surface area (Å²) in [6.45, 7) is 7.59. The molecule has 2 aliphatic rings. The zero-order chi connectivity index (χ0) is 26.4. The predicted octanol–water partition coefficient (Wildman–Crippen LogP) is 4.45. The Morgan fingerprint density at radius 1 is 1.16 bits per heavy atom. The number of aromatic nitrogens is 6. The van der Waals surface area contributed by atoms with Crippen molar-refractivity contribution in [1.29, 1.82) is 0 Å². The monoisotopic (exact) mass is 543 g/mol. The molecule has 12 heteroatoms. The molecule has 0 amide bonds. The minimum atomic E-state index is -0.721. The highest BCUT2D eigenvalue weighted by molar-refractivity contribution is 6.34. The van der Waals surface area contributed by atoms with E-state index in [0.717, 1.165) is 68.4 Å². The van der Waals surface area contributed by atoms with E-state index in [2.05, 4.69) is 25.3 Å². The van der Waals surface area contributed by atoms with Crippen LogP contribution in [0.1, 0.15) is 43.1 Å². The molecule has 2 fully saturated rings. The zero-order valence-electron chi connectivity index (χ0n) is 21.1. The van der Waals surface area contributed by atoms with E-state index in [1.165, 1.54) is 0 Å². The maximum absolute atomic E-state index is 14.2. The van der Waals surface area contributed by atoms with Gasteiger partial charge in [0.1, 0.15) is 28.6 Å². The fourth-order valence-corrected chi connectivity index (χ4v) is 5.48. The quantitative estimate of drug-likeness (QED) is 0.341. The van der Waals surface area contributed by atoms with E-state index in [-0.39, 0.29) is 18.3 Å². The van der Waals surface area contributed by atoms with Gasteiger partial charge in [-0.15, -0.1) is 5.10 Å². The minimum absolute atomic E-state index is 0.104. The lowest BCUT2D eigenvalue weighted by Gasteiger charge is -2.41. The van der Waals surface area contributed by atoms with E-state index in [0.29, 0.717) is 22.3 Å². The van der Waals surface area contributed by atoms with Crippen LogP contribution in [-0.4, -0.2) is 73.4 Å². The van der Waals surface area contributed by atoms with Crippen molar-refractivity contribution in [2.75, 3.05) is 32.9 Å². The highest BCUT2D eigenvalue weighted by atomic mass is 35.5. The lowest BCUT2D eigenvalue weighted by atomic mass is 10.0. The van der Waals surface area contributed by atoms with E-state index >= 15 is 0 Å². The van der Waals surface area contributed by atoms with Gasteiger partial charge < -0.3 is 9.47 Å². The van der Waals surface area contributed by atoms with Crippen LogP contribution in [0.15, 0.2) is 30.7 Å². The molecule has 4 aromatic heterocycles. The first kappa shape index (κ1) is 25.1. The summed E-state index contributed by atoms with van der Waals surface area (Å²) < 4.78 is 42.7. The first-order valence-electron chi connectivity index (χ1n) is 12.7. The molecule has 0 aliphatic carbocycles. The van der Waals surface area contributed by atoms with Crippen molar-refractivity contribution in [2.45, 2.75) is 44.7 Å². The Morgan fingerprint density at radius 3 is 2.66 bits per heavy atom. The van der Waals surface area contributed by atoms with Crippen molar-refractivity contribution in [3.8, 4) is 17.0 Å². The normalized spacial score (nSPS) is 18.1. The molecule has 4 aromatic rings. The topological polar surface area (TPSA) is 82.6 Å². The summed E-state index contributed by atoms with van der Waals surface area (Å²) in [6, 6.07) is 3.51. The Kier molecular flexibility index (Phi) is 6.75. The van der Waals surface area contributed by atoms with Gasteiger partial charge in [-0.3, -0.25) is 9.88 Å². The highest BCUT2D eigenvalue weighted by Gasteiger charge is 2.31. The number of rotatable bonds is 7. The number of likely N-dealkylation sites (tertiary alicyclic amines) is 1. The molecular weight excluding hydrogens is 516 g/mol. The van der Waals surface area contributed by atoms with Crippen molar-refractivity contribution in [1.82, 2.24) is 34.5 Å². The van der Waals surface area contributed by atoms with Gasteiger partial charge in [0.25, 0.3) is 0 Å². The van der Waals surface area contributed by atoms with Crippen LogP contribution in [0.4, 0.5) is 8.78 Å². The summed E-state index contributed by atoms with van der Waals surface area (Å²) in [4.78, 5) is 6.40. The van der Waals surface area contributed by atoms with Crippen LogP contribution in [0.2, 0.25) is 5.02 Å². The molecule has 6 rings (SSSR count). The summed E-state index contributed by atoms with van der Waals surface area (Å²) in [5, 5.41) is 13.8. The van der Waals surface area contributed by atoms with Gasteiger partial charge in [-0.05, 0) is 25.8 Å². The molecule has 1 atom stereocenters. The van der Waals surface area contributed by atoms with Crippen molar-refractivity contribution >= 4 is 17.1 Å². The van der Waals surface area contributed by atoms with Gasteiger partial charge in [-0.2, -0.15) is 5.10 Å². The molecule has 0 aromatic carbocycles. The molecule has 200 valence electrons. The molecule has 38 heavy (non-hydrogen) atoms. The summed E-state index contributed by atoms with van der Waals surface area (Å²) in [6.07, 6.45) is 6.41. The molecule has 0 saturated carbocycles. The van der Waals surface area contributed by atoms with E-state index in [1.54, 1.807) is 17.6 Å². The standard InChI is InChI=1S/C26H28ClF2N7O2/c1-15(24-22(29)8-18(28)9-30-24)12-38-23-7-17(11-35-26(23)21(27)10-31-35)25-16(2)36(33-32-25)19-3-5-34(6-4-19)20-13-37-14-20/h7-11,15,19-20H,3-6,12-14H2,1-2H3/t15-/m0/s1. The smallest absolute Gasteiger partial charge is 0.148 e. The lowest BCUT2D eigenvalue weighted by Crippen LogP contribution is -2.52. The summed E-state index contributed by atoms with van der Waals surface area (Å²) >= 11 is 6.42. The zero-order valence-corrected chi connectivity index (χ0v) is 21.9. The van der Waals surface area contributed by atoms with Crippen LogP contribution >= 0.6 is 11.6 Å². The first-order valence-corrected chi connectivity index (χ1v) is 13.1. The average Bonchev–Trinajstić information content (AvgIpc) is 3.44. The third-order valence-electron chi connectivity index (χ3n) is 7.51. The van der Waals surface area contributed by atoms with Gasteiger partial charge in [-0.1, -0.05) is 23.7 Å². The molecular formula is C26H28ClF2N7O2. The van der Waals surface area contributed by atoms with E-state index in [1.807, 2.05) is 23.9 Å². The molecule has 0 radical (unpaired) electrons. The van der Waals surface area contributed by atoms with Crippen LogP contribution in [0.25, 0.3) is 16.8 Å². The minimum Gasteiger partial charge on any atom is -0.491 e. The Balaban J connectivity index is 1.24. The largest absolute Gasteiger partial charge is 0.491 e. The van der Waals surface area contributed by atoms with Crippen molar-refractivity contribution in [2.24, 2.45) is 0 Å². The fraction of sp³-hybridized carbons (Fsp3) is 0.462. The Hall–Kier alpha value is -3.15. The van der Waals surface area contributed by atoms with Gasteiger partial charge in [-0.25, -0.2) is 18.0 Å². The predicted molar refractivity (Wildman–Crippen MR) is 136 cm³/mol. The van der Waals surface area contributed by atoms with Crippen molar-refractivity contribution in [3.05, 3.63) is 58.8 Å². The summed E-state index contributed by atoms with van der Waals surface area (Å²) in [5.74, 6) is -1.38. The maximum atomic E-state index is 14.2. The Labute approximate surface area is 223 Å². The third kappa shape index (κ3) is 4.63. The Morgan fingerprint density at radius 2 is 1.95 bits per heavy atom.